The summed E-state index contributed by atoms with van der Waals surface area (Å²) in [5, 5.41) is 0. The molecule has 0 unspecified atom stereocenters. The predicted molar refractivity (Wildman–Crippen MR) is 63.2 cm³/mol. The molecule has 0 aliphatic carbocycles. The highest BCUT2D eigenvalue weighted by Gasteiger charge is 2.19. The highest BCUT2D eigenvalue weighted by atomic mass is 19.1. The van der Waals surface area contributed by atoms with Crippen LogP contribution in [0.1, 0.15) is 11.1 Å². The van der Waals surface area contributed by atoms with Crippen molar-refractivity contribution in [2.45, 2.75) is 19.3 Å². The van der Waals surface area contributed by atoms with E-state index in [1.54, 1.807) is 20.3 Å². The van der Waals surface area contributed by atoms with Crippen molar-refractivity contribution in [2.24, 2.45) is 0 Å². The Morgan fingerprint density at radius 1 is 1.29 bits per heavy atom. The van der Waals surface area contributed by atoms with Gasteiger partial charge in [0.2, 0.25) is 0 Å². The van der Waals surface area contributed by atoms with Crippen LogP contribution in [0.15, 0.2) is 18.2 Å². The van der Waals surface area contributed by atoms with Gasteiger partial charge in [-0.3, -0.25) is 4.90 Å². The van der Waals surface area contributed by atoms with Crippen LogP contribution in [0, 0.1) is 5.82 Å². The van der Waals surface area contributed by atoms with Gasteiger partial charge in [-0.2, -0.15) is 0 Å². The van der Waals surface area contributed by atoms with Crippen LogP contribution in [0.2, 0.25) is 0 Å². The SMILES string of the molecule is COC(CN1CCc2cc(F)ccc2C1)OC. The fourth-order valence-corrected chi connectivity index (χ4v) is 2.19. The Morgan fingerprint density at radius 2 is 2.06 bits per heavy atom. The van der Waals surface area contributed by atoms with E-state index in [2.05, 4.69) is 4.90 Å². The third-order valence-corrected chi connectivity index (χ3v) is 3.19. The van der Waals surface area contributed by atoms with Crippen molar-refractivity contribution in [3.8, 4) is 0 Å². The molecule has 0 saturated heterocycles. The molecule has 2 rings (SSSR count). The van der Waals surface area contributed by atoms with Crippen molar-refractivity contribution in [1.82, 2.24) is 4.90 Å². The summed E-state index contributed by atoms with van der Waals surface area (Å²) in [5.74, 6) is -0.149. The molecule has 1 heterocycles. The summed E-state index contributed by atoms with van der Waals surface area (Å²) in [7, 11) is 3.28. The Balaban J connectivity index is 2.01. The molecule has 4 heteroatoms. The summed E-state index contributed by atoms with van der Waals surface area (Å²) >= 11 is 0. The van der Waals surface area contributed by atoms with Crippen molar-refractivity contribution >= 4 is 0 Å². The Morgan fingerprint density at radius 3 is 2.76 bits per heavy atom. The van der Waals surface area contributed by atoms with E-state index in [0.29, 0.717) is 0 Å². The number of hydrogen-bond acceptors (Lipinski definition) is 3. The highest BCUT2D eigenvalue weighted by Crippen LogP contribution is 2.20. The topological polar surface area (TPSA) is 21.7 Å². The molecule has 1 aliphatic heterocycles. The van der Waals surface area contributed by atoms with E-state index in [1.165, 1.54) is 11.6 Å². The molecule has 0 saturated carbocycles. The number of benzene rings is 1. The maximum atomic E-state index is 13.1. The molecule has 94 valence electrons. The molecule has 0 spiro atoms. The van der Waals surface area contributed by atoms with Gasteiger partial charge in [0.25, 0.3) is 0 Å². The summed E-state index contributed by atoms with van der Waals surface area (Å²) in [5.41, 5.74) is 2.32. The van der Waals surface area contributed by atoms with Crippen molar-refractivity contribution in [3.63, 3.8) is 0 Å². The first-order valence-electron chi connectivity index (χ1n) is 5.78. The van der Waals surface area contributed by atoms with Crippen LogP contribution in [0.5, 0.6) is 0 Å². The lowest BCUT2D eigenvalue weighted by Crippen LogP contribution is -2.38. The standard InChI is InChI=1S/C13H18FNO2/c1-16-13(17-2)9-15-6-5-10-7-12(14)4-3-11(10)8-15/h3-4,7,13H,5-6,8-9H2,1-2H3. The van der Waals surface area contributed by atoms with Crippen molar-refractivity contribution in [2.75, 3.05) is 27.3 Å². The van der Waals surface area contributed by atoms with Gasteiger partial charge >= 0.3 is 0 Å². The number of ether oxygens (including phenoxy) is 2. The third kappa shape index (κ3) is 3.03. The number of methoxy groups -OCH3 is 2. The first-order chi connectivity index (χ1) is 8.22. The maximum Gasteiger partial charge on any atom is 0.169 e. The summed E-state index contributed by atoms with van der Waals surface area (Å²) in [4.78, 5) is 2.26. The second kappa shape index (κ2) is 5.58. The lowest BCUT2D eigenvalue weighted by Gasteiger charge is -2.30. The van der Waals surface area contributed by atoms with Gasteiger partial charge in [0, 0.05) is 33.9 Å². The minimum Gasteiger partial charge on any atom is -0.355 e. The molecule has 3 nitrogen and oxygen atoms in total. The quantitative estimate of drug-likeness (QED) is 0.748. The minimum absolute atomic E-state index is 0.149. The molecule has 0 aromatic heterocycles. The molecule has 0 bridgehead atoms. The Bertz CT molecular complexity index is 380. The molecule has 0 atom stereocenters. The number of rotatable bonds is 4. The second-order valence-corrected chi connectivity index (χ2v) is 4.30. The molecule has 1 aromatic rings. The van der Waals surface area contributed by atoms with Crippen molar-refractivity contribution in [3.05, 3.63) is 35.1 Å². The average molecular weight is 239 g/mol. The van der Waals surface area contributed by atoms with E-state index in [0.717, 1.165) is 31.6 Å². The third-order valence-electron chi connectivity index (χ3n) is 3.19. The molecule has 1 aromatic carbocycles. The minimum atomic E-state index is -0.197. The normalized spacial score (nSPS) is 16.2. The van der Waals surface area contributed by atoms with Gasteiger partial charge in [-0.1, -0.05) is 6.07 Å². The summed E-state index contributed by atoms with van der Waals surface area (Å²) < 4.78 is 23.4. The summed E-state index contributed by atoms with van der Waals surface area (Å²) in [6, 6.07) is 5.02. The zero-order valence-corrected chi connectivity index (χ0v) is 10.3. The van der Waals surface area contributed by atoms with Crippen LogP contribution in [-0.2, 0) is 22.4 Å². The van der Waals surface area contributed by atoms with Gasteiger partial charge in [-0.15, -0.1) is 0 Å². The van der Waals surface area contributed by atoms with Crippen LogP contribution >= 0.6 is 0 Å². The van der Waals surface area contributed by atoms with Gasteiger partial charge in [0.05, 0.1) is 0 Å². The Hall–Kier alpha value is -0.970. The fraction of sp³-hybridized carbons (Fsp3) is 0.538. The molecule has 0 N–H and O–H groups in total. The van der Waals surface area contributed by atoms with Crippen LogP contribution in [-0.4, -0.2) is 38.5 Å². The number of halogens is 1. The van der Waals surface area contributed by atoms with Crippen LogP contribution in [0.3, 0.4) is 0 Å². The van der Waals surface area contributed by atoms with Gasteiger partial charge < -0.3 is 9.47 Å². The zero-order chi connectivity index (χ0) is 12.3. The smallest absolute Gasteiger partial charge is 0.169 e. The van der Waals surface area contributed by atoms with E-state index in [9.17, 15) is 4.39 Å². The zero-order valence-electron chi connectivity index (χ0n) is 10.3. The van der Waals surface area contributed by atoms with E-state index in [1.807, 2.05) is 6.07 Å². The molecule has 0 fully saturated rings. The summed E-state index contributed by atoms with van der Waals surface area (Å²) in [6.07, 6.45) is 0.685. The molecule has 0 amide bonds. The van der Waals surface area contributed by atoms with Gasteiger partial charge in [0.1, 0.15) is 5.82 Å². The van der Waals surface area contributed by atoms with E-state index in [-0.39, 0.29) is 12.1 Å². The van der Waals surface area contributed by atoms with Crippen molar-refractivity contribution in [1.29, 1.82) is 0 Å². The number of hydrogen-bond donors (Lipinski definition) is 0. The number of fused-ring (bicyclic) bond motifs is 1. The molecule has 1 aliphatic rings. The van der Waals surface area contributed by atoms with Gasteiger partial charge in [-0.25, -0.2) is 4.39 Å². The van der Waals surface area contributed by atoms with E-state index in [4.69, 9.17) is 9.47 Å². The highest BCUT2D eigenvalue weighted by molar-refractivity contribution is 5.29. The fourth-order valence-electron chi connectivity index (χ4n) is 2.19. The lowest BCUT2D eigenvalue weighted by atomic mass is 10.00. The van der Waals surface area contributed by atoms with Crippen molar-refractivity contribution < 1.29 is 13.9 Å². The average Bonchev–Trinajstić information content (AvgIpc) is 2.36. The first kappa shape index (κ1) is 12.5. The molecular formula is C13H18FNO2. The van der Waals surface area contributed by atoms with Crippen LogP contribution < -0.4 is 0 Å². The Labute approximate surface area is 101 Å². The van der Waals surface area contributed by atoms with Gasteiger partial charge in [0.15, 0.2) is 6.29 Å². The monoisotopic (exact) mass is 239 g/mol. The van der Waals surface area contributed by atoms with Crippen LogP contribution in [0.4, 0.5) is 4.39 Å². The molecular weight excluding hydrogens is 221 g/mol. The first-order valence-corrected chi connectivity index (χ1v) is 5.78. The van der Waals surface area contributed by atoms with Crippen LogP contribution in [0.25, 0.3) is 0 Å². The Kier molecular flexibility index (Phi) is 4.10. The predicted octanol–water partition coefficient (Wildman–Crippen LogP) is 1.80. The lowest BCUT2D eigenvalue weighted by molar-refractivity contribution is -0.117. The van der Waals surface area contributed by atoms with E-state index >= 15 is 0 Å². The summed E-state index contributed by atoms with van der Waals surface area (Å²) in [6.45, 7) is 2.49. The molecule has 17 heavy (non-hydrogen) atoms. The largest absolute Gasteiger partial charge is 0.355 e. The van der Waals surface area contributed by atoms with E-state index < -0.39 is 0 Å². The van der Waals surface area contributed by atoms with Gasteiger partial charge in [-0.05, 0) is 29.7 Å². The second-order valence-electron chi connectivity index (χ2n) is 4.30. The molecule has 0 radical (unpaired) electrons. The number of nitrogens with zero attached hydrogens (tertiary/aromatic N) is 1. The maximum absolute atomic E-state index is 13.1.